The Labute approximate surface area is 114 Å². The minimum Gasteiger partial charge on any atom is -0.258 e. The van der Waals surface area contributed by atoms with Crippen molar-refractivity contribution in [1.82, 2.24) is 0 Å². The molecule has 1 aromatic carbocycles. The normalized spacial score (nSPS) is 23.9. The Morgan fingerprint density at radius 1 is 1.47 bits per heavy atom. The minimum atomic E-state index is -0.439. The fourth-order valence-corrected chi connectivity index (χ4v) is 3.95. The second kappa shape index (κ2) is 5.46. The number of hydrogen-bond donors (Lipinski definition) is 0. The van der Waals surface area contributed by atoms with Crippen molar-refractivity contribution in [3.05, 3.63) is 38.9 Å². The van der Waals surface area contributed by atoms with E-state index in [-0.39, 0.29) is 11.1 Å². The van der Waals surface area contributed by atoms with Crippen LogP contribution < -0.4 is 0 Å². The van der Waals surface area contributed by atoms with Crippen LogP contribution in [0.5, 0.6) is 0 Å². The summed E-state index contributed by atoms with van der Waals surface area (Å²) in [5.74, 6) is 2.40. The van der Waals surface area contributed by atoms with Crippen LogP contribution >= 0.6 is 35.0 Å². The quantitative estimate of drug-likeness (QED) is 0.484. The molecule has 2 atom stereocenters. The number of nitro benzene ring substituents is 1. The molecule has 6 heteroatoms. The number of nitrogens with zero attached hydrogens (tertiary/aromatic N) is 1. The molecule has 1 aromatic rings. The van der Waals surface area contributed by atoms with E-state index in [1.54, 1.807) is 6.07 Å². The molecule has 0 N–H and O–H groups in total. The topological polar surface area (TPSA) is 43.1 Å². The summed E-state index contributed by atoms with van der Waals surface area (Å²) in [6, 6.07) is 4.63. The van der Waals surface area contributed by atoms with E-state index in [1.807, 2.05) is 11.8 Å². The first-order valence-corrected chi connectivity index (χ1v) is 7.19. The van der Waals surface area contributed by atoms with Gasteiger partial charge in [0.25, 0.3) is 5.69 Å². The Morgan fingerprint density at radius 3 is 2.76 bits per heavy atom. The van der Waals surface area contributed by atoms with Crippen LogP contribution in [0, 0.1) is 16.0 Å². The van der Waals surface area contributed by atoms with Crippen LogP contribution in [0.15, 0.2) is 18.2 Å². The molecule has 1 fully saturated rings. The maximum atomic E-state index is 10.6. The summed E-state index contributed by atoms with van der Waals surface area (Å²) in [6.07, 6.45) is 0.790. The third-order valence-electron chi connectivity index (χ3n) is 2.85. The first-order valence-electron chi connectivity index (χ1n) is 5.22. The van der Waals surface area contributed by atoms with E-state index in [0.717, 1.165) is 23.5 Å². The Morgan fingerprint density at radius 2 is 2.24 bits per heavy atom. The first kappa shape index (κ1) is 13.0. The van der Waals surface area contributed by atoms with Gasteiger partial charge in [0.15, 0.2) is 0 Å². The molecule has 92 valence electrons. The molecular formula is C11H11Cl2NO2S. The van der Waals surface area contributed by atoms with Gasteiger partial charge in [-0.05, 0) is 23.7 Å². The molecule has 0 aliphatic carbocycles. The van der Waals surface area contributed by atoms with Crippen LogP contribution in [0.1, 0.15) is 5.56 Å². The summed E-state index contributed by atoms with van der Waals surface area (Å²) in [6.45, 7) is 0. The molecule has 0 amide bonds. The molecule has 2 unspecified atom stereocenters. The summed E-state index contributed by atoms with van der Waals surface area (Å²) in [4.78, 5) is 10.1. The maximum absolute atomic E-state index is 10.6. The predicted octanol–water partition coefficient (Wildman–Crippen LogP) is 3.76. The monoisotopic (exact) mass is 291 g/mol. The lowest BCUT2D eigenvalue weighted by Gasteiger charge is -2.13. The number of rotatable bonds is 3. The van der Waals surface area contributed by atoms with Crippen molar-refractivity contribution >= 4 is 40.7 Å². The lowest BCUT2D eigenvalue weighted by atomic mass is 9.98. The second-order valence-electron chi connectivity index (χ2n) is 4.05. The molecule has 2 rings (SSSR count). The minimum absolute atomic E-state index is 0.0296. The Hall–Kier alpha value is -0.450. The highest BCUT2D eigenvalue weighted by Gasteiger charge is 2.26. The van der Waals surface area contributed by atoms with Crippen LogP contribution in [-0.4, -0.2) is 21.8 Å². The second-order valence-corrected chi connectivity index (χ2v) is 6.09. The highest BCUT2D eigenvalue weighted by Crippen LogP contribution is 2.33. The molecule has 0 aromatic heterocycles. The zero-order chi connectivity index (χ0) is 12.4. The lowest BCUT2D eigenvalue weighted by molar-refractivity contribution is -0.384. The number of non-ortho nitro benzene ring substituents is 1. The largest absolute Gasteiger partial charge is 0.270 e. The van der Waals surface area contributed by atoms with Crippen LogP contribution in [0.4, 0.5) is 5.69 Å². The van der Waals surface area contributed by atoms with Crippen molar-refractivity contribution in [3.63, 3.8) is 0 Å². The van der Waals surface area contributed by atoms with Crippen molar-refractivity contribution in [2.75, 3.05) is 11.5 Å². The van der Waals surface area contributed by atoms with E-state index in [0.29, 0.717) is 10.9 Å². The molecule has 3 nitrogen and oxygen atoms in total. The highest BCUT2D eigenvalue weighted by molar-refractivity contribution is 7.99. The number of alkyl halides is 1. The van der Waals surface area contributed by atoms with E-state index in [1.165, 1.54) is 12.1 Å². The van der Waals surface area contributed by atoms with Gasteiger partial charge in [-0.2, -0.15) is 11.8 Å². The Balaban J connectivity index is 2.14. The van der Waals surface area contributed by atoms with Crippen molar-refractivity contribution in [3.8, 4) is 0 Å². The molecular weight excluding hydrogens is 281 g/mol. The van der Waals surface area contributed by atoms with Crippen LogP contribution in [0.3, 0.4) is 0 Å². The standard InChI is InChI=1S/C11H11Cl2NO2S/c12-10-4-9(14(15)16)2-1-7(10)3-8-5-17-6-11(8)13/h1-2,4,8,11H,3,5-6H2. The van der Waals surface area contributed by atoms with Gasteiger partial charge < -0.3 is 0 Å². The smallest absolute Gasteiger partial charge is 0.258 e. The average Bonchev–Trinajstić information content (AvgIpc) is 2.67. The molecule has 0 radical (unpaired) electrons. The van der Waals surface area contributed by atoms with E-state index in [2.05, 4.69) is 0 Å². The fraction of sp³-hybridized carbons (Fsp3) is 0.455. The Bertz CT molecular complexity index is 441. The third-order valence-corrected chi connectivity index (χ3v) is 5.15. The molecule has 17 heavy (non-hydrogen) atoms. The molecule has 1 heterocycles. The molecule has 0 bridgehead atoms. The maximum Gasteiger partial charge on any atom is 0.270 e. The van der Waals surface area contributed by atoms with Crippen LogP contribution in [-0.2, 0) is 6.42 Å². The Kier molecular flexibility index (Phi) is 4.17. The number of nitro groups is 1. The molecule has 1 aliphatic rings. The van der Waals surface area contributed by atoms with Crippen molar-refractivity contribution < 1.29 is 4.92 Å². The van der Waals surface area contributed by atoms with E-state index in [4.69, 9.17) is 23.2 Å². The average molecular weight is 292 g/mol. The summed E-state index contributed by atoms with van der Waals surface area (Å²) < 4.78 is 0. The van der Waals surface area contributed by atoms with E-state index in [9.17, 15) is 10.1 Å². The summed E-state index contributed by atoms with van der Waals surface area (Å²) in [5, 5.41) is 11.2. The van der Waals surface area contributed by atoms with Crippen LogP contribution in [0.2, 0.25) is 5.02 Å². The van der Waals surface area contributed by atoms with Gasteiger partial charge in [-0.1, -0.05) is 17.7 Å². The predicted molar refractivity (Wildman–Crippen MR) is 72.3 cm³/mol. The van der Waals surface area contributed by atoms with E-state index < -0.39 is 4.92 Å². The van der Waals surface area contributed by atoms with Crippen molar-refractivity contribution in [2.24, 2.45) is 5.92 Å². The van der Waals surface area contributed by atoms with E-state index >= 15 is 0 Å². The number of benzene rings is 1. The van der Waals surface area contributed by atoms with Gasteiger partial charge in [-0.15, -0.1) is 11.6 Å². The molecule has 0 spiro atoms. The highest BCUT2D eigenvalue weighted by atomic mass is 35.5. The zero-order valence-electron chi connectivity index (χ0n) is 8.94. The van der Waals surface area contributed by atoms with Gasteiger partial charge in [-0.3, -0.25) is 10.1 Å². The number of hydrogen-bond acceptors (Lipinski definition) is 3. The van der Waals surface area contributed by atoms with Gasteiger partial charge in [0, 0.05) is 23.3 Å². The van der Waals surface area contributed by atoms with Gasteiger partial charge in [-0.25, -0.2) is 0 Å². The van der Waals surface area contributed by atoms with Gasteiger partial charge in [0.1, 0.15) is 0 Å². The third kappa shape index (κ3) is 3.06. The molecule has 0 saturated carbocycles. The number of thioether (sulfide) groups is 1. The van der Waals surface area contributed by atoms with Gasteiger partial charge in [0.05, 0.1) is 9.95 Å². The fourth-order valence-electron chi connectivity index (χ4n) is 1.86. The first-order chi connectivity index (χ1) is 8.08. The zero-order valence-corrected chi connectivity index (χ0v) is 11.3. The lowest BCUT2D eigenvalue weighted by Crippen LogP contribution is -2.14. The SMILES string of the molecule is O=[N+]([O-])c1ccc(CC2CSCC2Cl)c(Cl)c1. The summed E-state index contributed by atoms with van der Waals surface area (Å²) >= 11 is 14.1. The number of halogens is 2. The molecule has 1 saturated heterocycles. The van der Waals surface area contributed by atoms with Crippen molar-refractivity contribution in [2.45, 2.75) is 11.8 Å². The van der Waals surface area contributed by atoms with Crippen LogP contribution in [0.25, 0.3) is 0 Å². The summed E-state index contributed by atoms with van der Waals surface area (Å²) in [7, 11) is 0. The van der Waals surface area contributed by atoms with Crippen molar-refractivity contribution in [1.29, 1.82) is 0 Å². The van der Waals surface area contributed by atoms with Gasteiger partial charge >= 0.3 is 0 Å². The summed E-state index contributed by atoms with van der Waals surface area (Å²) in [5.41, 5.74) is 0.970. The molecule has 1 aliphatic heterocycles. The van der Waals surface area contributed by atoms with Gasteiger partial charge in [0.2, 0.25) is 0 Å².